The molecule has 6 nitrogen and oxygen atoms in total. The second kappa shape index (κ2) is 6.84. The highest BCUT2D eigenvalue weighted by Crippen LogP contribution is 2.20. The fourth-order valence-corrected chi connectivity index (χ4v) is 1.71. The fraction of sp³-hybridized carbons (Fsp3) is 0.462. The smallest absolute Gasteiger partial charge is 0.269 e. The highest BCUT2D eigenvalue weighted by molar-refractivity contribution is 5.83. The maximum absolute atomic E-state index is 12.0. The van der Waals surface area contributed by atoms with Gasteiger partial charge in [0.15, 0.2) is 0 Å². The maximum atomic E-state index is 12.0. The zero-order chi connectivity index (χ0) is 14.4. The number of amides is 1. The number of non-ortho nitro benzene ring substituents is 1. The Morgan fingerprint density at radius 2 is 2.21 bits per heavy atom. The third kappa shape index (κ3) is 4.03. The number of carbonyl (C=O) groups is 1. The highest BCUT2D eigenvalue weighted by Gasteiger charge is 2.19. The van der Waals surface area contributed by atoms with E-state index in [9.17, 15) is 14.9 Å². The van der Waals surface area contributed by atoms with Crippen LogP contribution in [0.5, 0.6) is 0 Å². The van der Waals surface area contributed by atoms with Crippen molar-refractivity contribution < 1.29 is 9.72 Å². The first kappa shape index (κ1) is 15.1. The van der Waals surface area contributed by atoms with Crippen LogP contribution in [-0.2, 0) is 4.79 Å². The Morgan fingerprint density at radius 1 is 1.53 bits per heavy atom. The Balaban J connectivity index is 2.81. The summed E-state index contributed by atoms with van der Waals surface area (Å²) in [4.78, 5) is 22.3. The van der Waals surface area contributed by atoms with Gasteiger partial charge in [-0.15, -0.1) is 0 Å². The van der Waals surface area contributed by atoms with Crippen molar-refractivity contribution in [3.63, 3.8) is 0 Å². The monoisotopic (exact) mass is 265 g/mol. The molecule has 0 aliphatic rings. The van der Waals surface area contributed by atoms with Crippen LogP contribution in [0.3, 0.4) is 0 Å². The van der Waals surface area contributed by atoms with Gasteiger partial charge in [-0.05, 0) is 18.9 Å². The van der Waals surface area contributed by atoms with Gasteiger partial charge in [-0.25, -0.2) is 0 Å². The van der Waals surface area contributed by atoms with Crippen LogP contribution < -0.4 is 11.1 Å². The van der Waals surface area contributed by atoms with Crippen LogP contribution >= 0.6 is 0 Å². The van der Waals surface area contributed by atoms with Gasteiger partial charge in [0.25, 0.3) is 5.69 Å². The highest BCUT2D eigenvalue weighted by atomic mass is 16.6. The Labute approximate surface area is 112 Å². The largest absolute Gasteiger partial charge is 0.352 e. The summed E-state index contributed by atoms with van der Waals surface area (Å²) in [6, 6.07) is 6.06. The van der Waals surface area contributed by atoms with Crippen LogP contribution in [-0.4, -0.2) is 23.4 Å². The van der Waals surface area contributed by atoms with Crippen LogP contribution in [0.15, 0.2) is 24.3 Å². The number of nitro groups is 1. The van der Waals surface area contributed by atoms with Crippen molar-refractivity contribution in [1.82, 2.24) is 5.32 Å². The van der Waals surface area contributed by atoms with Gasteiger partial charge in [-0.3, -0.25) is 14.9 Å². The molecule has 0 saturated carbocycles. The molecule has 0 bridgehead atoms. The molecule has 1 aromatic carbocycles. The SMILES string of the molecule is CCC(CN)NC(=O)C(C)c1cccc([N+](=O)[O-])c1. The number of nitrogens with zero attached hydrogens (tertiary/aromatic N) is 1. The van der Waals surface area contributed by atoms with Crippen molar-refractivity contribution in [1.29, 1.82) is 0 Å². The Bertz CT molecular complexity index is 458. The van der Waals surface area contributed by atoms with Gasteiger partial charge in [0.2, 0.25) is 5.91 Å². The number of nitro benzene ring substituents is 1. The molecule has 0 fully saturated rings. The minimum Gasteiger partial charge on any atom is -0.352 e. The summed E-state index contributed by atoms with van der Waals surface area (Å²) in [7, 11) is 0. The lowest BCUT2D eigenvalue weighted by molar-refractivity contribution is -0.384. The van der Waals surface area contributed by atoms with Crippen LogP contribution in [0, 0.1) is 10.1 Å². The van der Waals surface area contributed by atoms with E-state index < -0.39 is 10.8 Å². The standard InChI is InChI=1S/C13H19N3O3/c1-3-11(8-14)15-13(17)9(2)10-5-4-6-12(7-10)16(18)19/h4-7,9,11H,3,8,14H2,1-2H3,(H,15,17). The van der Waals surface area contributed by atoms with Crippen LogP contribution in [0.4, 0.5) is 5.69 Å². The molecule has 0 saturated heterocycles. The Hall–Kier alpha value is -1.95. The van der Waals surface area contributed by atoms with E-state index in [1.807, 2.05) is 6.92 Å². The van der Waals surface area contributed by atoms with Crippen molar-refractivity contribution in [3.05, 3.63) is 39.9 Å². The first-order chi connectivity index (χ1) is 8.99. The number of nitrogens with one attached hydrogen (secondary N) is 1. The lowest BCUT2D eigenvalue weighted by atomic mass is 9.99. The predicted molar refractivity (Wildman–Crippen MR) is 72.8 cm³/mol. The minimum atomic E-state index is -0.469. The molecule has 0 aliphatic heterocycles. The average Bonchev–Trinajstić information content (AvgIpc) is 2.43. The first-order valence-electron chi connectivity index (χ1n) is 6.24. The Kier molecular flexibility index (Phi) is 5.44. The third-order valence-electron chi connectivity index (χ3n) is 3.10. The lowest BCUT2D eigenvalue weighted by Crippen LogP contribution is -2.41. The lowest BCUT2D eigenvalue weighted by Gasteiger charge is -2.18. The van der Waals surface area contributed by atoms with E-state index in [0.29, 0.717) is 12.1 Å². The van der Waals surface area contributed by atoms with Crippen LogP contribution in [0.1, 0.15) is 31.7 Å². The van der Waals surface area contributed by atoms with Gasteiger partial charge in [-0.2, -0.15) is 0 Å². The van der Waals surface area contributed by atoms with E-state index in [0.717, 1.165) is 6.42 Å². The van der Waals surface area contributed by atoms with Gasteiger partial charge in [-0.1, -0.05) is 19.1 Å². The van der Waals surface area contributed by atoms with Gasteiger partial charge in [0, 0.05) is 24.7 Å². The number of hydrogen-bond donors (Lipinski definition) is 2. The molecule has 2 atom stereocenters. The molecule has 6 heteroatoms. The van der Waals surface area contributed by atoms with Crippen molar-refractivity contribution in [3.8, 4) is 0 Å². The summed E-state index contributed by atoms with van der Waals surface area (Å²) in [5.41, 5.74) is 6.14. The van der Waals surface area contributed by atoms with Gasteiger partial charge in [0.05, 0.1) is 10.8 Å². The molecule has 1 rings (SSSR count). The molecular weight excluding hydrogens is 246 g/mol. The summed E-state index contributed by atoms with van der Waals surface area (Å²) >= 11 is 0. The Morgan fingerprint density at radius 3 is 2.74 bits per heavy atom. The van der Waals surface area contributed by atoms with E-state index in [2.05, 4.69) is 5.32 Å². The maximum Gasteiger partial charge on any atom is 0.269 e. The first-order valence-corrected chi connectivity index (χ1v) is 6.24. The fourth-order valence-electron chi connectivity index (χ4n) is 1.71. The minimum absolute atomic E-state index is 0.0111. The molecule has 0 aromatic heterocycles. The average molecular weight is 265 g/mol. The van der Waals surface area contributed by atoms with Crippen molar-refractivity contribution in [2.24, 2.45) is 5.73 Å². The number of rotatable bonds is 6. The molecule has 1 amide bonds. The van der Waals surface area contributed by atoms with Crippen molar-refractivity contribution in [2.45, 2.75) is 32.2 Å². The second-order valence-corrected chi connectivity index (χ2v) is 4.42. The molecule has 0 radical (unpaired) electrons. The summed E-state index contributed by atoms with van der Waals surface area (Å²) in [6.07, 6.45) is 0.754. The third-order valence-corrected chi connectivity index (χ3v) is 3.10. The van der Waals surface area contributed by atoms with Crippen LogP contribution in [0.2, 0.25) is 0 Å². The van der Waals surface area contributed by atoms with Crippen LogP contribution in [0.25, 0.3) is 0 Å². The van der Waals surface area contributed by atoms with E-state index in [1.54, 1.807) is 19.1 Å². The molecule has 0 heterocycles. The van der Waals surface area contributed by atoms with E-state index in [4.69, 9.17) is 5.73 Å². The molecule has 19 heavy (non-hydrogen) atoms. The van der Waals surface area contributed by atoms with Gasteiger partial charge >= 0.3 is 0 Å². The number of carbonyl (C=O) groups excluding carboxylic acids is 1. The molecule has 104 valence electrons. The number of hydrogen-bond acceptors (Lipinski definition) is 4. The van der Waals surface area contributed by atoms with E-state index in [-0.39, 0.29) is 17.6 Å². The molecule has 1 aromatic rings. The van der Waals surface area contributed by atoms with Crippen molar-refractivity contribution >= 4 is 11.6 Å². The summed E-state index contributed by atoms with van der Waals surface area (Å²) in [5.74, 6) is -0.613. The molecular formula is C13H19N3O3. The normalized spacial score (nSPS) is 13.6. The molecule has 3 N–H and O–H groups in total. The molecule has 0 spiro atoms. The number of benzene rings is 1. The summed E-state index contributed by atoms with van der Waals surface area (Å²) in [5, 5.41) is 13.5. The summed E-state index contributed by atoms with van der Waals surface area (Å²) in [6.45, 7) is 4.04. The van der Waals surface area contributed by atoms with Gasteiger partial charge in [0.1, 0.15) is 0 Å². The quantitative estimate of drug-likeness (QED) is 0.602. The summed E-state index contributed by atoms with van der Waals surface area (Å²) < 4.78 is 0. The molecule has 2 unspecified atom stereocenters. The zero-order valence-electron chi connectivity index (χ0n) is 11.1. The van der Waals surface area contributed by atoms with Crippen molar-refractivity contribution in [2.75, 3.05) is 6.54 Å². The zero-order valence-corrected chi connectivity index (χ0v) is 11.1. The number of nitrogens with two attached hydrogens (primary N) is 1. The second-order valence-electron chi connectivity index (χ2n) is 4.42. The topological polar surface area (TPSA) is 98.3 Å². The predicted octanol–water partition coefficient (Wildman–Crippen LogP) is 1.55. The van der Waals surface area contributed by atoms with E-state index in [1.165, 1.54) is 12.1 Å². The van der Waals surface area contributed by atoms with Gasteiger partial charge < -0.3 is 11.1 Å². The molecule has 0 aliphatic carbocycles. The van der Waals surface area contributed by atoms with E-state index >= 15 is 0 Å².